The van der Waals surface area contributed by atoms with E-state index in [1.165, 1.54) is 34.5 Å². The topological polar surface area (TPSA) is 15.6 Å². The molecule has 0 atom stereocenters. The highest BCUT2D eigenvalue weighted by atomic mass is 19.1. The van der Waals surface area contributed by atoms with Crippen molar-refractivity contribution >= 4 is 23.2 Å². The summed E-state index contributed by atoms with van der Waals surface area (Å²) < 4.78 is 13.0. The Balaban J connectivity index is 2.04. The number of hydrogen-bond acceptors (Lipinski definition) is 2. The fourth-order valence-corrected chi connectivity index (χ4v) is 3.97. The molecule has 0 saturated carbocycles. The lowest BCUT2D eigenvalue weighted by Crippen LogP contribution is -2.49. The van der Waals surface area contributed by atoms with Gasteiger partial charge >= 0.3 is 0 Å². The van der Waals surface area contributed by atoms with Crippen LogP contribution in [0.3, 0.4) is 0 Å². The molecule has 0 bridgehead atoms. The van der Waals surface area contributed by atoms with Gasteiger partial charge in [0.2, 0.25) is 0 Å². The molecule has 0 N–H and O–H groups in total. The van der Waals surface area contributed by atoms with Crippen LogP contribution in [-0.4, -0.2) is 17.8 Å². The number of rotatable bonds is 3. The lowest BCUT2D eigenvalue weighted by molar-refractivity contribution is 0.507. The van der Waals surface area contributed by atoms with Crippen molar-refractivity contribution in [1.82, 2.24) is 0 Å². The highest BCUT2D eigenvalue weighted by Gasteiger charge is 2.33. The number of allylic oxidation sites excluding steroid dienone is 1. The minimum atomic E-state index is -0.244. The van der Waals surface area contributed by atoms with Crippen molar-refractivity contribution in [1.29, 1.82) is 0 Å². The summed E-state index contributed by atoms with van der Waals surface area (Å²) in [6.45, 7) is 13.3. The van der Waals surface area contributed by atoms with Gasteiger partial charge in [0.1, 0.15) is 5.82 Å². The van der Waals surface area contributed by atoms with E-state index in [-0.39, 0.29) is 11.4 Å². The molecule has 2 nitrogen and oxygen atoms in total. The third-order valence-corrected chi connectivity index (χ3v) is 4.96. The van der Waals surface area contributed by atoms with Crippen molar-refractivity contribution in [2.45, 2.75) is 53.1 Å². The molecule has 2 aromatic rings. The van der Waals surface area contributed by atoms with E-state index >= 15 is 0 Å². The minimum absolute atomic E-state index is 0.0125. The molecule has 3 heteroatoms. The molecule has 0 aromatic heterocycles. The van der Waals surface area contributed by atoms with E-state index in [9.17, 15) is 4.39 Å². The lowest BCUT2D eigenvalue weighted by Gasteiger charge is -2.46. The number of nitrogens with zero attached hydrogens (tertiary/aromatic N) is 2. The average Bonchev–Trinajstić information content (AvgIpc) is 2.53. The number of aryl methyl sites for hydroxylation is 1. The van der Waals surface area contributed by atoms with E-state index in [1.54, 1.807) is 12.1 Å². The Morgan fingerprint density at radius 1 is 1.08 bits per heavy atom. The van der Waals surface area contributed by atoms with E-state index < -0.39 is 0 Å². The maximum Gasteiger partial charge on any atom is 0.123 e. The molecule has 3 rings (SSSR count). The maximum absolute atomic E-state index is 13.0. The van der Waals surface area contributed by atoms with Gasteiger partial charge in [-0.25, -0.2) is 4.39 Å². The van der Waals surface area contributed by atoms with E-state index in [0.717, 1.165) is 11.3 Å². The van der Waals surface area contributed by atoms with Crippen LogP contribution >= 0.6 is 0 Å². The van der Waals surface area contributed by atoms with Gasteiger partial charge in [-0.05, 0) is 94.6 Å². The Morgan fingerprint density at radius 2 is 1.73 bits per heavy atom. The second-order valence-electron chi connectivity index (χ2n) is 7.91. The first kappa shape index (κ1) is 18.4. The fourth-order valence-electron chi connectivity index (χ4n) is 3.97. The summed E-state index contributed by atoms with van der Waals surface area (Å²) in [5.41, 5.74) is 6.83. The Labute approximate surface area is 156 Å². The largest absolute Gasteiger partial charge is 0.360 e. The normalized spacial score (nSPS) is 16.2. The van der Waals surface area contributed by atoms with Crippen molar-refractivity contribution in [3.63, 3.8) is 0 Å². The first-order valence-electron chi connectivity index (χ1n) is 9.12. The molecule has 2 aromatic carbocycles. The SMILES string of the molecule is CC1=CC(C)(C)N(C(C)C)c2cc(C)c(C=Nc3ccc(F)cc3)cc21. The van der Waals surface area contributed by atoms with Crippen LogP contribution in [0.2, 0.25) is 0 Å². The summed E-state index contributed by atoms with van der Waals surface area (Å²) in [6.07, 6.45) is 4.21. The molecule has 0 unspecified atom stereocenters. The van der Waals surface area contributed by atoms with Crippen LogP contribution in [0, 0.1) is 12.7 Å². The average molecular weight is 350 g/mol. The van der Waals surface area contributed by atoms with Crippen LogP contribution in [0.4, 0.5) is 15.8 Å². The quantitative estimate of drug-likeness (QED) is 0.594. The monoisotopic (exact) mass is 350 g/mol. The van der Waals surface area contributed by atoms with Gasteiger partial charge in [-0.2, -0.15) is 0 Å². The van der Waals surface area contributed by atoms with Gasteiger partial charge in [-0.15, -0.1) is 0 Å². The van der Waals surface area contributed by atoms with Crippen LogP contribution < -0.4 is 4.90 Å². The number of fused-ring (bicyclic) bond motifs is 1. The zero-order valence-electron chi connectivity index (χ0n) is 16.5. The third-order valence-electron chi connectivity index (χ3n) is 4.96. The Kier molecular flexibility index (Phi) is 4.74. The number of hydrogen-bond donors (Lipinski definition) is 0. The van der Waals surface area contributed by atoms with Gasteiger partial charge in [0.25, 0.3) is 0 Å². The second-order valence-corrected chi connectivity index (χ2v) is 7.91. The fraction of sp³-hybridized carbons (Fsp3) is 0.348. The summed E-state index contributed by atoms with van der Waals surface area (Å²) in [4.78, 5) is 6.99. The molecule has 0 saturated heterocycles. The van der Waals surface area contributed by atoms with E-state index in [0.29, 0.717) is 6.04 Å². The zero-order chi connectivity index (χ0) is 19.1. The molecule has 0 spiro atoms. The summed E-state index contributed by atoms with van der Waals surface area (Å²) in [5, 5.41) is 0. The molecule has 26 heavy (non-hydrogen) atoms. The predicted octanol–water partition coefficient (Wildman–Crippen LogP) is 6.30. The van der Waals surface area contributed by atoms with Crippen LogP contribution in [0.15, 0.2) is 47.5 Å². The molecule has 0 amide bonds. The Hall–Kier alpha value is -2.42. The summed E-state index contributed by atoms with van der Waals surface area (Å²) >= 11 is 0. The van der Waals surface area contributed by atoms with Crippen molar-refractivity contribution in [2.24, 2.45) is 4.99 Å². The third kappa shape index (κ3) is 3.44. The number of halogens is 1. The van der Waals surface area contributed by atoms with Crippen molar-refractivity contribution in [2.75, 3.05) is 4.90 Å². The molecular formula is C23H27FN2. The Morgan fingerprint density at radius 3 is 2.35 bits per heavy atom. The van der Waals surface area contributed by atoms with Crippen LogP contribution in [0.5, 0.6) is 0 Å². The van der Waals surface area contributed by atoms with Crippen LogP contribution in [0.1, 0.15) is 51.3 Å². The zero-order valence-corrected chi connectivity index (χ0v) is 16.5. The molecule has 136 valence electrons. The van der Waals surface area contributed by atoms with Gasteiger partial charge in [-0.3, -0.25) is 4.99 Å². The lowest BCUT2D eigenvalue weighted by atomic mass is 9.86. The minimum Gasteiger partial charge on any atom is -0.360 e. The molecule has 1 aliphatic heterocycles. The van der Waals surface area contributed by atoms with Gasteiger partial charge in [0.15, 0.2) is 0 Å². The molecule has 0 aliphatic carbocycles. The molecule has 0 fully saturated rings. The number of benzene rings is 2. The predicted molar refractivity (Wildman–Crippen MR) is 110 cm³/mol. The van der Waals surface area contributed by atoms with E-state index in [4.69, 9.17) is 0 Å². The van der Waals surface area contributed by atoms with Crippen molar-refractivity contribution in [3.8, 4) is 0 Å². The molecular weight excluding hydrogens is 323 g/mol. The highest BCUT2D eigenvalue weighted by Crippen LogP contribution is 2.41. The Bertz CT molecular complexity index is 874. The van der Waals surface area contributed by atoms with Gasteiger partial charge in [-0.1, -0.05) is 6.08 Å². The van der Waals surface area contributed by atoms with Crippen LogP contribution in [0.25, 0.3) is 5.57 Å². The van der Waals surface area contributed by atoms with Gasteiger partial charge < -0.3 is 4.90 Å². The summed E-state index contributed by atoms with van der Waals surface area (Å²) in [5.74, 6) is -0.244. The van der Waals surface area contributed by atoms with Gasteiger partial charge in [0, 0.05) is 23.5 Å². The first-order chi connectivity index (χ1) is 12.2. The molecule has 0 radical (unpaired) electrons. The summed E-state index contributed by atoms with van der Waals surface area (Å²) in [6, 6.07) is 11.1. The van der Waals surface area contributed by atoms with Crippen LogP contribution in [-0.2, 0) is 0 Å². The first-order valence-corrected chi connectivity index (χ1v) is 9.12. The van der Waals surface area contributed by atoms with E-state index in [1.807, 2.05) is 6.21 Å². The maximum atomic E-state index is 13.0. The van der Waals surface area contributed by atoms with E-state index in [2.05, 4.69) is 69.6 Å². The molecule has 1 heterocycles. The second kappa shape index (κ2) is 6.71. The van der Waals surface area contributed by atoms with Crippen molar-refractivity contribution < 1.29 is 4.39 Å². The highest BCUT2D eigenvalue weighted by molar-refractivity contribution is 5.90. The smallest absolute Gasteiger partial charge is 0.123 e. The summed E-state index contributed by atoms with van der Waals surface area (Å²) in [7, 11) is 0. The standard InChI is InChI=1S/C23H27FN2/c1-15(2)26-22-11-16(3)18(12-21(22)17(4)13-23(26,5)6)14-25-20-9-7-19(24)8-10-20/h7-15H,1-6H3. The number of aliphatic imine (C=N–C) groups is 1. The number of anilines is 1. The molecule has 1 aliphatic rings. The van der Waals surface area contributed by atoms with Gasteiger partial charge in [0.05, 0.1) is 11.2 Å². The van der Waals surface area contributed by atoms with Crippen molar-refractivity contribution in [3.05, 3.63) is 65.0 Å².